The molecule has 0 aliphatic heterocycles. The molecule has 1 aliphatic rings. The van der Waals surface area contributed by atoms with Crippen LogP contribution in [0, 0.1) is 5.41 Å². The van der Waals surface area contributed by atoms with Crippen LogP contribution < -0.4 is 11.1 Å². The van der Waals surface area contributed by atoms with Crippen LogP contribution >= 0.6 is 0 Å². The van der Waals surface area contributed by atoms with Crippen molar-refractivity contribution in [2.45, 2.75) is 12.8 Å². The molecule has 1 aromatic carbocycles. The SMILES string of the molecule is CN(C)C(=O)c1ccc(N)cc1NCC1(CO)CC1. The second kappa shape index (κ2) is 5.09. The number of nitrogens with zero attached hydrogens (tertiary/aromatic N) is 1. The van der Waals surface area contributed by atoms with E-state index in [-0.39, 0.29) is 17.9 Å². The molecule has 1 aliphatic carbocycles. The monoisotopic (exact) mass is 263 g/mol. The molecule has 1 aromatic rings. The van der Waals surface area contributed by atoms with Crippen molar-refractivity contribution >= 4 is 17.3 Å². The van der Waals surface area contributed by atoms with Gasteiger partial charge in [-0.15, -0.1) is 0 Å². The lowest BCUT2D eigenvalue weighted by molar-refractivity contribution is 0.0828. The normalized spacial score (nSPS) is 15.9. The van der Waals surface area contributed by atoms with Crippen LogP contribution in [0.5, 0.6) is 0 Å². The minimum atomic E-state index is -0.0589. The molecule has 19 heavy (non-hydrogen) atoms. The molecule has 0 aromatic heterocycles. The summed E-state index contributed by atoms with van der Waals surface area (Å²) in [5, 5.41) is 12.6. The number of carbonyl (C=O) groups is 1. The highest BCUT2D eigenvalue weighted by Crippen LogP contribution is 2.45. The van der Waals surface area contributed by atoms with E-state index in [2.05, 4.69) is 5.32 Å². The number of nitrogen functional groups attached to an aromatic ring is 1. The number of hydrogen-bond donors (Lipinski definition) is 3. The molecule has 104 valence electrons. The Morgan fingerprint density at radius 1 is 1.47 bits per heavy atom. The fourth-order valence-electron chi connectivity index (χ4n) is 1.99. The Hall–Kier alpha value is -1.75. The summed E-state index contributed by atoms with van der Waals surface area (Å²) in [4.78, 5) is 13.6. The molecular formula is C14H21N3O2. The number of carbonyl (C=O) groups excluding carboxylic acids is 1. The lowest BCUT2D eigenvalue weighted by Crippen LogP contribution is -2.25. The van der Waals surface area contributed by atoms with Gasteiger partial charge in [0.25, 0.3) is 5.91 Å². The number of aliphatic hydroxyl groups is 1. The summed E-state index contributed by atoms with van der Waals surface area (Å²) in [6.45, 7) is 0.847. The van der Waals surface area contributed by atoms with Crippen LogP contribution in [-0.4, -0.2) is 43.2 Å². The number of nitrogens with one attached hydrogen (secondary N) is 1. The number of amides is 1. The van der Waals surface area contributed by atoms with Crippen molar-refractivity contribution in [3.8, 4) is 0 Å². The molecule has 0 unspecified atom stereocenters. The number of anilines is 2. The van der Waals surface area contributed by atoms with E-state index in [1.165, 1.54) is 4.90 Å². The molecule has 5 heteroatoms. The topological polar surface area (TPSA) is 78.6 Å². The molecular weight excluding hydrogens is 242 g/mol. The van der Waals surface area contributed by atoms with E-state index in [1.54, 1.807) is 32.3 Å². The van der Waals surface area contributed by atoms with Gasteiger partial charge >= 0.3 is 0 Å². The van der Waals surface area contributed by atoms with Crippen molar-refractivity contribution in [2.75, 3.05) is 38.3 Å². The fourth-order valence-corrected chi connectivity index (χ4v) is 1.99. The Kier molecular flexibility index (Phi) is 3.66. The zero-order valence-corrected chi connectivity index (χ0v) is 11.4. The molecule has 5 nitrogen and oxygen atoms in total. The largest absolute Gasteiger partial charge is 0.399 e. The van der Waals surface area contributed by atoms with Gasteiger partial charge < -0.3 is 21.1 Å². The van der Waals surface area contributed by atoms with E-state index in [9.17, 15) is 9.90 Å². The summed E-state index contributed by atoms with van der Waals surface area (Å²) in [6, 6.07) is 5.23. The van der Waals surface area contributed by atoms with Crippen LogP contribution in [0.25, 0.3) is 0 Å². The highest BCUT2D eigenvalue weighted by Gasteiger charge is 2.41. The maximum atomic E-state index is 12.1. The van der Waals surface area contributed by atoms with Crippen molar-refractivity contribution < 1.29 is 9.90 Å². The first-order chi connectivity index (χ1) is 8.97. The van der Waals surface area contributed by atoms with E-state index in [1.807, 2.05) is 0 Å². The van der Waals surface area contributed by atoms with Crippen molar-refractivity contribution in [1.29, 1.82) is 0 Å². The summed E-state index contributed by atoms with van der Waals surface area (Å²) in [6.07, 6.45) is 2.05. The maximum absolute atomic E-state index is 12.1. The van der Waals surface area contributed by atoms with Crippen LogP contribution in [0.1, 0.15) is 23.2 Å². The van der Waals surface area contributed by atoms with Crippen molar-refractivity contribution in [1.82, 2.24) is 4.90 Å². The van der Waals surface area contributed by atoms with Crippen molar-refractivity contribution in [3.63, 3.8) is 0 Å². The molecule has 1 fully saturated rings. The highest BCUT2D eigenvalue weighted by molar-refractivity contribution is 6.00. The fraction of sp³-hybridized carbons (Fsp3) is 0.500. The average molecular weight is 263 g/mol. The molecule has 4 N–H and O–H groups in total. The Morgan fingerprint density at radius 3 is 2.68 bits per heavy atom. The van der Waals surface area contributed by atoms with Gasteiger partial charge in [-0.25, -0.2) is 0 Å². The van der Waals surface area contributed by atoms with E-state index in [0.717, 1.165) is 18.5 Å². The third-order valence-corrected chi connectivity index (χ3v) is 3.63. The standard InChI is InChI=1S/C14H21N3O2/c1-17(2)13(19)11-4-3-10(15)7-12(11)16-8-14(9-18)5-6-14/h3-4,7,16,18H,5-6,8-9,15H2,1-2H3. The summed E-state index contributed by atoms with van der Waals surface area (Å²) >= 11 is 0. The van der Waals surface area contributed by atoms with Crippen LogP contribution in [-0.2, 0) is 0 Å². The molecule has 1 amide bonds. The maximum Gasteiger partial charge on any atom is 0.255 e. The second-order valence-corrected chi connectivity index (χ2v) is 5.52. The zero-order valence-electron chi connectivity index (χ0n) is 11.4. The molecule has 2 rings (SSSR count). The lowest BCUT2D eigenvalue weighted by Gasteiger charge is -2.18. The predicted molar refractivity (Wildman–Crippen MR) is 76.1 cm³/mol. The summed E-state index contributed by atoms with van der Waals surface area (Å²) < 4.78 is 0. The average Bonchev–Trinajstić information content (AvgIpc) is 3.16. The summed E-state index contributed by atoms with van der Waals surface area (Å²) in [7, 11) is 3.44. The highest BCUT2D eigenvalue weighted by atomic mass is 16.3. The lowest BCUT2D eigenvalue weighted by atomic mass is 10.1. The number of nitrogens with two attached hydrogens (primary N) is 1. The number of benzene rings is 1. The minimum absolute atomic E-state index is 0.0109. The van der Waals surface area contributed by atoms with Crippen LogP contribution in [0.4, 0.5) is 11.4 Å². The molecule has 1 saturated carbocycles. The zero-order chi connectivity index (χ0) is 14.0. The van der Waals surface area contributed by atoms with Gasteiger partial charge in [-0.05, 0) is 31.0 Å². The molecule has 0 heterocycles. The minimum Gasteiger partial charge on any atom is -0.399 e. The Labute approximate surface area is 113 Å². The Bertz CT molecular complexity index is 482. The molecule has 0 spiro atoms. The van der Waals surface area contributed by atoms with Crippen LogP contribution in [0.2, 0.25) is 0 Å². The van der Waals surface area contributed by atoms with Gasteiger partial charge in [0.2, 0.25) is 0 Å². The molecule has 0 atom stereocenters. The number of rotatable bonds is 5. The molecule has 0 bridgehead atoms. The molecule has 0 radical (unpaired) electrons. The third-order valence-electron chi connectivity index (χ3n) is 3.63. The Balaban J connectivity index is 2.17. The van der Waals surface area contributed by atoms with E-state index < -0.39 is 0 Å². The first-order valence-electron chi connectivity index (χ1n) is 6.43. The van der Waals surface area contributed by atoms with E-state index in [0.29, 0.717) is 17.8 Å². The number of hydrogen-bond acceptors (Lipinski definition) is 4. The first-order valence-corrected chi connectivity index (χ1v) is 6.43. The molecule has 0 saturated heterocycles. The van der Waals surface area contributed by atoms with Gasteiger partial charge in [0.15, 0.2) is 0 Å². The summed E-state index contributed by atoms with van der Waals surface area (Å²) in [5.74, 6) is -0.0589. The van der Waals surface area contributed by atoms with Gasteiger partial charge in [-0.3, -0.25) is 4.79 Å². The van der Waals surface area contributed by atoms with E-state index >= 15 is 0 Å². The summed E-state index contributed by atoms with van der Waals surface area (Å²) in [5.41, 5.74) is 7.72. The predicted octanol–water partition coefficient (Wildman–Crippen LogP) is 1.15. The van der Waals surface area contributed by atoms with Gasteiger partial charge in [0.1, 0.15) is 0 Å². The van der Waals surface area contributed by atoms with Crippen molar-refractivity contribution in [2.24, 2.45) is 5.41 Å². The van der Waals surface area contributed by atoms with Gasteiger partial charge in [-0.2, -0.15) is 0 Å². The smallest absolute Gasteiger partial charge is 0.255 e. The van der Waals surface area contributed by atoms with Crippen LogP contribution in [0.3, 0.4) is 0 Å². The quantitative estimate of drug-likeness (QED) is 0.696. The van der Waals surface area contributed by atoms with Crippen LogP contribution in [0.15, 0.2) is 18.2 Å². The van der Waals surface area contributed by atoms with Gasteiger partial charge in [0, 0.05) is 37.4 Å². The van der Waals surface area contributed by atoms with Gasteiger partial charge in [-0.1, -0.05) is 0 Å². The first kappa shape index (κ1) is 13.7. The number of aliphatic hydroxyl groups excluding tert-OH is 1. The van der Waals surface area contributed by atoms with Crippen molar-refractivity contribution in [3.05, 3.63) is 23.8 Å². The Morgan fingerprint density at radius 2 is 2.16 bits per heavy atom. The van der Waals surface area contributed by atoms with E-state index in [4.69, 9.17) is 5.73 Å². The second-order valence-electron chi connectivity index (χ2n) is 5.52. The van der Waals surface area contributed by atoms with Gasteiger partial charge in [0.05, 0.1) is 12.2 Å². The third kappa shape index (κ3) is 2.98.